The van der Waals surface area contributed by atoms with Gasteiger partial charge in [-0.05, 0) is 49.4 Å². The number of hydrogen-bond acceptors (Lipinski definition) is 15. The zero-order valence-electron chi connectivity index (χ0n) is 58.1. The Bertz CT molecular complexity index is 1760. The number of aliphatic hydroxyl groups excluding tert-OH is 1. The van der Waals surface area contributed by atoms with Gasteiger partial charge in [-0.15, -0.1) is 0 Å². The number of hydrogen-bond donors (Lipinski definition) is 3. The van der Waals surface area contributed by atoms with Crippen molar-refractivity contribution >= 4 is 39.5 Å². The third-order valence-electron chi connectivity index (χ3n) is 16.1. The highest BCUT2D eigenvalue weighted by atomic mass is 31.2. The summed E-state index contributed by atoms with van der Waals surface area (Å²) in [5, 5.41) is 10.6. The van der Waals surface area contributed by atoms with Crippen molar-refractivity contribution in [3.63, 3.8) is 0 Å². The molecule has 0 heterocycles. The second kappa shape index (κ2) is 59.8. The number of carbonyl (C=O) groups excluding carboxylic acids is 4. The SMILES string of the molecule is CC(C)CCCCCCCCCCCCCCCCCCC(=O)O[C@H](COC(=O)CCCCCCCCCCCC(C)C)COP(=O)(O)OC[C@@H](O)COP(=O)(O)OC[C@@H](COC(=O)CCCCCCCCC(C)C)OC(=O)CCCCCCCCC(C)C. The van der Waals surface area contributed by atoms with Crippen LogP contribution in [0.2, 0.25) is 0 Å². The van der Waals surface area contributed by atoms with Crippen LogP contribution in [0.15, 0.2) is 0 Å². The van der Waals surface area contributed by atoms with Gasteiger partial charge >= 0.3 is 39.5 Å². The summed E-state index contributed by atoms with van der Waals surface area (Å²) in [5.41, 5.74) is 0. The first-order chi connectivity index (χ1) is 42.6. The number of aliphatic hydroxyl groups is 1. The second-order valence-electron chi connectivity index (χ2n) is 27.2. The maximum atomic E-state index is 13.0. The molecule has 0 saturated heterocycles. The van der Waals surface area contributed by atoms with Crippen LogP contribution in [0, 0.1) is 23.7 Å². The molecule has 0 aromatic carbocycles. The van der Waals surface area contributed by atoms with Crippen LogP contribution < -0.4 is 0 Å². The molecule has 3 N–H and O–H groups in total. The average molecular weight is 1310 g/mol. The Labute approximate surface area is 543 Å². The summed E-state index contributed by atoms with van der Waals surface area (Å²) in [6.07, 6.45) is 42.1. The quantitative estimate of drug-likeness (QED) is 0.0222. The number of carbonyl (C=O) groups is 4. The Balaban J connectivity index is 5.19. The van der Waals surface area contributed by atoms with E-state index in [1.54, 1.807) is 0 Å². The Morgan fingerprint density at radius 2 is 0.472 bits per heavy atom. The van der Waals surface area contributed by atoms with Crippen molar-refractivity contribution in [2.45, 2.75) is 363 Å². The normalized spacial score (nSPS) is 14.3. The first-order valence-electron chi connectivity index (χ1n) is 36.2. The Kier molecular flexibility index (Phi) is 58.5. The molecule has 0 fully saturated rings. The number of rotatable bonds is 67. The van der Waals surface area contributed by atoms with E-state index in [1.807, 2.05) is 0 Å². The van der Waals surface area contributed by atoms with Gasteiger partial charge in [-0.2, -0.15) is 0 Å². The minimum Gasteiger partial charge on any atom is -0.462 e. The highest BCUT2D eigenvalue weighted by Crippen LogP contribution is 2.45. The lowest BCUT2D eigenvalue weighted by Gasteiger charge is -2.21. The van der Waals surface area contributed by atoms with E-state index in [0.29, 0.717) is 37.5 Å². The first-order valence-corrected chi connectivity index (χ1v) is 39.2. The van der Waals surface area contributed by atoms with Gasteiger partial charge in [0.1, 0.15) is 19.3 Å². The molecule has 0 saturated carbocycles. The van der Waals surface area contributed by atoms with Crippen molar-refractivity contribution < 1.29 is 80.2 Å². The van der Waals surface area contributed by atoms with Gasteiger partial charge < -0.3 is 33.8 Å². The summed E-state index contributed by atoms with van der Waals surface area (Å²) in [5.74, 6) is 0.766. The average Bonchev–Trinajstić information content (AvgIpc) is 3.60. The molecule has 2 unspecified atom stereocenters. The van der Waals surface area contributed by atoms with E-state index in [4.69, 9.17) is 37.0 Å². The fourth-order valence-electron chi connectivity index (χ4n) is 10.5. The molecule has 0 aromatic heterocycles. The minimum absolute atomic E-state index is 0.101. The van der Waals surface area contributed by atoms with Gasteiger partial charge in [-0.1, -0.05) is 293 Å². The van der Waals surface area contributed by atoms with E-state index in [-0.39, 0.29) is 25.7 Å². The minimum atomic E-state index is -4.95. The summed E-state index contributed by atoms with van der Waals surface area (Å²) in [7, 11) is -9.90. The summed E-state index contributed by atoms with van der Waals surface area (Å²) in [4.78, 5) is 72.4. The predicted octanol–water partition coefficient (Wildman–Crippen LogP) is 19.7. The van der Waals surface area contributed by atoms with Crippen molar-refractivity contribution in [3.8, 4) is 0 Å². The van der Waals surface area contributed by atoms with Crippen LogP contribution in [0.3, 0.4) is 0 Å². The summed E-state index contributed by atoms with van der Waals surface area (Å²) < 4.78 is 68.2. The molecule has 0 aliphatic rings. The zero-order valence-corrected chi connectivity index (χ0v) is 59.8. The van der Waals surface area contributed by atoms with Crippen molar-refractivity contribution in [2.24, 2.45) is 23.7 Å². The Hall–Kier alpha value is -1.94. The number of unbranched alkanes of at least 4 members (excludes halogenated alkanes) is 33. The van der Waals surface area contributed by atoms with Crippen LogP contribution in [-0.4, -0.2) is 96.7 Å². The molecule has 17 nitrogen and oxygen atoms in total. The topological polar surface area (TPSA) is 237 Å². The summed E-state index contributed by atoms with van der Waals surface area (Å²) in [6.45, 7) is 14.0. The fourth-order valence-corrected chi connectivity index (χ4v) is 12.1. The molecule has 0 rings (SSSR count). The van der Waals surface area contributed by atoms with Gasteiger partial charge in [-0.25, -0.2) is 9.13 Å². The van der Waals surface area contributed by atoms with Gasteiger partial charge in [0.25, 0.3) is 0 Å². The van der Waals surface area contributed by atoms with Crippen LogP contribution in [0.25, 0.3) is 0 Å². The molecule has 0 aliphatic carbocycles. The lowest BCUT2D eigenvalue weighted by atomic mass is 10.0. The van der Waals surface area contributed by atoms with Crippen LogP contribution in [0.4, 0.5) is 0 Å². The molecule has 89 heavy (non-hydrogen) atoms. The Morgan fingerprint density at radius 3 is 0.697 bits per heavy atom. The molecule has 0 spiro atoms. The molecule has 19 heteroatoms. The van der Waals surface area contributed by atoms with E-state index >= 15 is 0 Å². The monoisotopic (exact) mass is 1310 g/mol. The highest BCUT2D eigenvalue weighted by molar-refractivity contribution is 7.47. The maximum Gasteiger partial charge on any atom is 0.472 e. The number of esters is 4. The molecule has 0 bridgehead atoms. The van der Waals surface area contributed by atoms with Crippen molar-refractivity contribution in [1.82, 2.24) is 0 Å². The number of phosphoric ester groups is 2. The molecule has 5 atom stereocenters. The maximum absolute atomic E-state index is 13.0. The predicted molar refractivity (Wildman–Crippen MR) is 358 cm³/mol. The Morgan fingerprint density at radius 1 is 0.281 bits per heavy atom. The van der Waals surface area contributed by atoms with Gasteiger partial charge in [0.05, 0.1) is 26.4 Å². The third-order valence-corrected chi connectivity index (χ3v) is 18.0. The lowest BCUT2D eigenvalue weighted by Crippen LogP contribution is -2.30. The molecule has 0 radical (unpaired) electrons. The smallest absolute Gasteiger partial charge is 0.462 e. The van der Waals surface area contributed by atoms with Gasteiger partial charge in [0, 0.05) is 25.7 Å². The van der Waals surface area contributed by atoms with Gasteiger partial charge in [0.15, 0.2) is 12.2 Å². The number of phosphoric acid groups is 2. The third kappa shape index (κ3) is 64.6. The van der Waals surface area contributed by atoms with Crippen molar-refractivity contribution in [1.29, 1.82) is 0 Å². The van der Waals surface area contributed by atoms with Crippen LogP contribution in [0.1, 0.15) is 344 Å². The molecule has 0 aromatic rings. The van der Waals surface area contributed by atoms with Crippen LogP contribution in [0.5, 0.6) is 0 Å². The van der Waals surface area contributed by atoms with E-state index in [9.17, 15) is 43.2 Å². The van der Waals surface area contributed by atoms with Crippen molar-refractivity contribution in [3.05, 3.63) is 0 Å². The molecular formula is C70H136O17P2. The van der Waals surface area contributed by atoms with Crippen LogP contribution in [-0.2, 0) is 65.4 Å². The van der Waals surface area contributed by atoms with Crippen LogP contribution >= 0.6 is 15.6 Å². The lowest BCUT2D eigenvalue weighted by molar-refractivity contribution is -0.161. The van der Waals surface area contributed by atoms with E-state index in [2.05, 4.69) is 55.4 Å². The highest BCUT2D eigenvalue weighted by Gasteiger charge is 2.30. The van der Waals surface area contributed by atoms with Crippen molar-refractivity contribution in [2.75, 3.05) is 39.6 Å². The molecule has 0 aliphatic heterocycles. The molecular weight excluding hydrogens is 1170 g/mol. The van der Waals surface area contributed by atoms with Gasteiger partial charge in [-0.3, -0.25) is 37.3 Å². The summed E-state index contributed by atoms with van der Waals surface area (Å²) in [6, 6.07) is 0. The largest absolute Gasteiger partial charge is 0.472 e. The molecule has 528 valence electrons. The second-order valence-corrected chi connectivity index (χ2v) is 30.1. The first kappa shape index (κ1) is 87.1. The van der Waals surface area contributed by atoms with E-state index in [1.165, 1.54) is 141 Å². The van der Waals surface area contributed by atoms with E-state index < -0.39 is 97.5 Å². The fraction of sp³-hybridized carbons (Fsp3) is 0.943. The zero-order chi connectivity index (χ0) is 66.1. The summed E-state index contributed by atoms with van der Waals surface area (Å²) >= 11 is 0. The standard InChI is InChI=1S/C70H136O17P2/c1-60(2)46-38-30-22-18-15-13-11-9-10-12-14-16-20-25-36-44-52-69(74)86-65(56-80-67(72)50-42-34-24-21-17-19-23-31-39-47-61(3)4)58-84-88(76,77)82-54-64(71)55-83-89(78,79)85-59-66(87-70(75)53-45-37-29-27-33-41-49-63(7)8)57-81-68(73)51-43-35-28-26-32-40-48-62(5)6/h60-66,71H,9-59H2,1-8H3,(H,76,77)(H,78,79)/t64-,65-,66-/m1/s1. The van der Waals surface area contributed by atoms with Gasteiger partial charge in [0.2, 0.25) is 0 Å². The van der Waals surface area contributed by atoms with E-state index in [0.717, 1.165) is 108 Å². The molecule has 0 amide bonds. The number of ether oxygens (including phenoxy) is 4.